The molecule has 0 fully saturated rings. The Morgan fingerprint density at radius 1 is 1.25 bits per heavy atom. The molecular weight excluding hydrogens is 243 g/mol. The van der Waals surface area contributed by atoms with Crippen LogP contribution < -0.4 is 0 Å². The fourth-order valence-corrected chi connectivity index (χ4v) is 2.79. The highest BCUT2D eigenvalue weighted by atomic mass is 32.2. The summed E-state index contributed by atoms with van der Waals surface area (Å²) in [6, 6.07) is 10.1. The van der Waals surface area contributed by atoms with Crippen molar-refractivity contribution in [1.82, 2.24) is 0 Å². The van der Waals surface area contributed by atoms with Gasteiger partial charge < -0.3 is 0 Å². The van der Waals surface area contributed by atoms with Gasteiger partial charge in [0.1, 0.15) is 5.82 Å². The Morgan fingerprint density at radius 2 is 2.06 bits per heavy atom. The summed E-state index contributed by atoms with van der Waals surface area (Å²) in [4.78, 5) is 12.9. The first kappa shape index (κ1) is 11.4. The number of benzene rings is 1. The molecule has 0 bridgehead atoms. The zero-order valence-corrected chi connectivity index (χ0v) is 9.98. The Kier molecular flexibility index (Phi) is 3.74. The molecule has 0 spiro atoms. The second-order valence-corrected chi connectivity index (χ2v) is 5.08. The standard InChI is InChI=1S/C12H9FOS2/c13-9-4-1-2-5-11(9)16-8-10(14)12-6-3-7-15-12/h1-7H,8H2. The highest BCUT2D eigenvalue weighted by molar-refractivity contribution is 8.00. The zero-order valence-electron chi connectivity index (χ0n) is 8.35. The van der Waals surface area contributed by atoms with Crippen LogP contribution in [0.1, 0.15) is 9.67 Å². The third kappa shape index (κ3) is 2.71. The SMILES string of the molecule is O=C(CSc1ccccc1F)c1cccs1. The van der Waals surface area contributed by atoms with Gasteiger partial charge in [0.05, 0.1) is 10.6 Å². The van der Waals surface area contributed by atoms with E-state index in [0.717, 1.165) is 4.88 Å². The van der Waals surface area contributed by atoms with Crippen molar-refractivity contribution in [3.63, 3.8) is 0 Å². The minimum absolute atomic E-state index is 0.0447. The molecule has 2 rings (SSSR count). The van der Waals surface area contributed by atoms with Crippen molar-refractivity contribution >= 4 is 28.9 Å². The maximum atomic E-state index is 13.3. The summed E-state index contributed by atoms with van der Waals surface area (Å²) in [5.74, 6) is 0.0521. The number of rotatable bonds is 4. The van der Waals surface area contributed by atoms with E-state index in [2.05, 4.69) is 0 Å². The van der Waals surface area contributed by atoms with E-state index in [1.54, 1.807) is 24.3 Å². The summed E-state index contributed by atoms with van der Waals surface area (Å²) < 4.78 is 13.3. The van der Waals surface area contributed by atoms with E-state index in [1.165, 1.54) is 29.2 Å². The summed E-state index contributed by atoms with van der Waals surface area (Å²) in [6.45, 7) is 0. The molecule has 0 N–H and O–H groups in total. The van der Waals surface area contributed by atoms with Crippen molar-refractivity contribution in [3.8, 4) is 0 Å². The van der Waals surface area contributed by atoms with Gasteiger partial charge in [0.2, 0.25) is 0 Å². The number of thiophene rings is 1. The summed E-state index contributed by atoms with van der Waals surface area (Å²) >= 11 is 2.65. The number of carbonyl (C=O) groups excluding carboxylic acids is 1. The number of carbonyl (C=O) groups is 1. The summed E-state index contributed by atoms with van der Waals surface area (Å²) in [5, 5.41) is 1.86. The monoisotopic (exact) mass is 252 g/mol. The highest BCUT2D eigenvalue weighted by Crippen LogP contribution is 2.23. The van der Waals surface area contributed by atoms with Gasteiger partial charge in [0, 0.05) is 4.90 Å². The summed E-state index contributed by atoms with van der Waals surface area (Å²) in [5.41, 5.74) is 0. The molecule has 82 valence electrons. The zero-order chi connectivity index (χ0) is 11.4. The van der Waals surface area contributed by atoms with Crippen molar-refractivity contribution in [2.75, 3.05) is 5.75 Å². The van der Waals surface area contributed by atoms with Gasteiger partial charge in [-0.25, -0.2) is 4.39 Å². The normalized spacial score (nSPS) is 10.3. The maximum Gasteiger partial charge on any atom is 0.182 e. The quantitative estimate of drug-likeness (QED) is 0.607. The number of Topliss-reactive ketones (excluding diaryl/α,β-unsaturated/α-hetero) is 1. The van der Waals surface area contributed by atoms with Gasteiger partial charge in [-0.1, -0.05) is 18.2 Å². The van der Waals surface area contributed by atoms with E-state index in [1.807, 2.05) is 11.4 Å². The lowest BCUT2D eigenvalue weighted by Gasteiger charge is -2.00. The van der Waals surface area contributed by atoms with Crippen molar-refractivity contribution in [2.45, 2.75) is 4.90 Å². The first-order chi connectivity index (χ1) is 7.77. The molecule has 0 saturated heterocycles. The predicted molar refractivity (Wildman–Crippen MR) is 65.8 cm³/mol. The first-order valence-electron chi connectivity index (χ1n) is 4.71. The molecule has 0 unspecified atom stereocenters. The van der Waals surface area contributed by atoms with Crippen molar-refractivity contribution in [3.05, 3.63) is 52.5 Å². The predicted octanol–water partition coefficient (Wildman–Crippen LogP) is 3.86. The van der Waals surface area contributed by atoms with Gasteiger partial charge in [-0.15, -0.1) is 23.1 Å². The van der Waals surface area contributed by atoms with E-state index in [0.29, 0.717) is 4.90 Å². The lowest BCUT2D eigenvalue weighted by Crippen LogP contribution is -1.99. The van der Waals surface area contributed by atoms with Crippen molar-refractivity contribution < 1.29 is 9.18 Å². The van der Waals surface area contributed by atoms with Gasteiger partial charge in [-0.05, 0) is 23.6 Å². The number of ketones is 1. The lowest BCUT2D eigenvalue weighted by atomic mass is 10.3. The number of hydrogen-bond donors (Lipinski definition) is 0. The molecule has 0 atom stereocenters. The minimum Gasteiger partial charge on any atom is -0.292 e. The molecule has 0 saturated carbocycles. The number of halogens is 1. The van der Waals surface area contributed by atoms with E-state index < -0.39 is 0 Å². The van der Waals surface area contributed by atoms with Crippen molar-refractivity contribution in [1.29, 1.82) is 0 Å². The Balaban J connectivity index is 1.98. The molecule has 1 nitrogen and oxygen atoms in total. The lowest BCUT2D eigenvalue weighted by molar-refractivity contribution is 0.102. The van der Waals surface area contributed by atoms with Crippen LogP contribution in [0.5, 0.6) is 0 Å². The second-order valence-electron chi connectivity index (χ2n) is 3.12. The molecule has 0 radical (unpaired) electrons. The minimum atomic E-state index is -0.272. The average molecular weight is 252 g/mol. The average Bonchev–Trinajstić information content (AvgIpc) is 2.81. The largest absolute Gasteiger partial charge is 0.292 e. The number of thioether (sulfide) groups is 1. The van der Waals surface area contributed by atoms with Crippen LogP contribution in [-0.4, -0.2) is 11.5 Å². The fraction of sp³-hybridized carbons (Fsp3) is 0.0833. The number of hydrogen-bond acceptors (Lipinski definition) is 3. The van der Waals surface area contributed by atoms with E-state index >= 15 is 0 Å². The third-order valence-corrected chi connectivity index (χ3v) is 3.95. The van der Waals surface area contributed by atoms with Crippen LogP contribution in [0, 0.1) is 5.82 Å². The van der Waals surface area contributed by atoms with Crippen LogP contribution in [0.15, 0.2) is 46.7 Å². The topological polar surface area (TPSA) is 17.1 Å². The van der Waals surface area contributed by atoms with Gasteiger partial charge in [0.15, 0.2) is 5.78 Å². The molecular formula is C12H9FOS2. The highest BCUT2D eigenvalue weighted by Gasteiger charge is 2.09. The van der Waals surface area contributed by atoms with Crippen LogP contribution in [-0.2, 0) is 0 Å². The Hall–Kier alpha value is -1.13. The van der Waals surface area contributed by atoms with E-state index in [9.17, 15) is 9.18 Å². The van der Waals surface area contributed by atoms with Crippen LogP contribution >= 0.6 is 23.1 Å². The maximum absolute atomic E-state index is 13.3. The van der Waals surface area contributed by atoms with Gasteiger partial charge in [-0.2, -0.15) is 0 Å². The van der Waals surface area contributed by atoms with E-state index in [4.69, 9.17) is 0 Å². The molecule has 4 heteroatoms. The smallest absolute Gasteiger partial charge is 0.182 e. The van der Waals surface area contributed by atoms with Crippen LogP contribution in [0.2, 0.25) is 0 Å². The summed E-state index contributed by atoms with van der Waals surface area (Å²) in [6.07, 6.45) is 0. The molecule has 1 aromatic carbocycles. The second kappa shape index (κ2) is 5.27. The van der Waals surface area contributed by atoms with Gasteiger partial charge in [0.25, 0.3) is 0 Å². The van der Waals surface area contributed by atoms with Crippen LogP contribution in [0.4, 0.5) is 4.39 Å². The third-order valence-electron chi connectivity index (χ3n) is 1.99. The van der Waals surface area contributed by atoms with Crippen LogP contribution in [0.25, 0.3) is 0 Å². The molecule has 16 heavy (non-hydrogen) atoms. The fourth-order valence-electron chi connectivity index (χ4n) is 1.21. The molecule has 0 aliphatic rings. The summed E-state index contributed by atoms with van der Waals surface area (Å²) in [7, 11) is 0. The van der Waals surface area contributed by atoms with Crippen molar-refractivity contribution in [2.24, 2.45) is 0 Å². The Morgan fingerprint density at radius 3 is 2.75 bits per heavy atom. The molecule has 0 aliphatic carbocycles. The Bertz CT molecular complexity index is 480. The van der Waals surface area contributed by atoms with Crippen LogP contribution in [0.3, 0.4) is 0 Å². The van der Waals surface area contributed by atoms with Gasteiger partial charge in [-0.3, -0.25) is 4.79 Å². The Labute approximate surface area is 101 Å². The van der Waals surface area contributed by atoms with E-state index in [-0.39, 0.29) is 17.4 Å². The molecule has 1 aromatic heterocycles. The van der Waals surface area contributed by atoms with Gasteiger partial charge >= 0.3 is 0 Å². The first-order valence-corrected chi connectivity index (χ1v) is 6.58. The molecule has 1 heterocycles. The molecule has 0 aliphatic heterocycles. The molecule has 0 amide bonds. The molecule has 2 aromatic rings.